The van der Waals surface area contributed by atoms with E-state index < -0.39 is 52.3 Å². The van der Waals surface area contributed by atoms with Gasteiger partial charge < -0.3 is 20.7 Å². The first-order chi connectivity index (χ1) is 15.0. The van der Waals surface area contributed by atoms with Crippen LogP contribution in [0, 0.1) is 15.9 Å². The number of anilines is 2. The van der Waals surface area contributed by atoms with Gasteiger partial charge in [-0.1, -0.05) is 0 Å². The summed E-state index contributed by atoms with van der Waals surface area (Å²) in [6, 6.07) is 8.17. The molecule has 0 fully saturated rings. The molecular weight excluding hydrogens is 438 g/mol. The number of carbonyl (C=O) groups is 2. The number of alkyl halides is 3. The SMILES string of the molecule is O=C(Cn1ccc([N+](=O)[O-])n1)Nc1ccc(NC(=O)c2ccc(F)cc2)cc1C(F)(F)F. The van der Waals surface area contributed by atoms with Gasteiger partial charge in [0.2, 0.25) is 5.91 Å². The van der Waals surface area contributed by atoms with Gasteiger partial charge in [0.05, 0.1) is 28.6 Å². The Kier molecular flexibility index (Phi) is 6.18. The Labute approximate surface area is 176 Å². The number of rotatable bonds is 6. The molecule has 3 aromatic rings. The molecule has 0 radical (unpaired) electrons. The molecule has 0 unspecified atom stereocenters. The van der Waals surface area contributed by atoms with E-state index in [0.29, 0.717) is 6.07 Å². The van der Waals surface area contributed by atoms with Gasteiger partial charge in [0.1, 0.15) is 12.4 Å². The lowest BCUT2D eigenvalue weighted by Crippen LogP contribution is -2.22. The summed E-state index contributed by atoms with van der Waals surface area (Å²) < 4.78 is 54.4. The minimum atomic E-state index is -4.87. The van der Waals surface area contributed by atoms with Gasteiger partial charge in [-0.25, -0.2) is 4.39 Å². The second-order valence-corrected chi connectivity index (χ2v) is 6.40. The predicted molar refractivity (Wildman–Crippen MR) is 103 cm³/mol. The van der Waals surface area contributed by atoms with Gasteiger partial charge in [-0.05, 0) is 47.4 Å². The third-order valence-electron chi connectivity index (χ3n) is 4.08. The van der Waals surface area contributed by atoms with Crippen molar-refractivity contribution in [2.45, 2.75) is 12.7 Å². The lowest BCUT2D eigenvalue weighted by atomic mass is 10.1. The van der Waals surface area contributed by atoms with Gasteiger partial charge in [0.15, 0.2) is 0 Å². The largest absolute Gasteiger partial charge is 0.418 e. The topological polar surface area (TPSA) is 119 Å². The first-order valence-electron chi connectivity index (χ1n) is 8.79. The van der Waals surface area contributed by atoms with E-state index in [9.17, 15) is 37.3 Å². The highest BCUT2D eigenvalue weighted by Gasteiger charge is 2.34. The summed E-state index contributed by atoms with van der Waals surface area (Å²) in [7, 11) is 0. The number of carbonyl (C=O) groups excluding carboxylic acids is 2. The Morgan fingerprint density at radius 2 is 1.75 bits per heavy atom. The fourth-order valence-electron chi connectivity index (χ4n) is 2.64. The average molecular weight is 451 g/mol. The van der Waals surface area contributed by atoms with Gasteiger partial charge in [-0.2, -0.15) is 17.9 Å². The first-order valence-corrected chi connectivity index (χ1v) is 8.79. The van der Waals surface area contributed by atoms with Crippen molar-refractivity contribution in [3.05, 3.63) is 81.8 Å². The number of aromatic nitrogens is 2. The maximum atomic E-state index is 13.5. The van der Waals surface area contributed by atoms with Crippen LogP contribution in [0.1, 0.15) is 15.9 Å². The van der Waals surface area contributed by atoms with Crippen molar-refractivity contribution in [3.8, 4) is 0 Å². The zero-order chi connectivity index (χ0) is 23.5. The number of benzene rings is 2. The maximum Gasteiger partial charge on any atom is 0.418 e. The van der Waals surface area contributed by atoms with Crippen LogP contribution in [0.25, 0.3) is 0 Å². The van der Waals surface area contributed by atoms with Crippen molar-refractivity contribution in [2.24, 2.45) is 0 Å². The van der Waals surface area contributed by atoms with Crippen LogP contribution in [0.2, 0.25) is 0 Å². The van der Waals surface area contributed by atoms with E-state index in [1.807, 2.05) is 0 Å². The molecule has 0 aliphatic carbocycles. The highest BCUT2D eigenvalue weighted by Crippen LogP contribution is 2.36. The summed E-state index contributed by atoms with van der Waals surface area (Å²) in [5.74, 6) is -2.76. The standard InChI is InChI=1S/C19H13F4N5O4/c20-12-3-1-11(2-4-12)18(30)24-13-5-6-15(14(9-13)19(21,22)23)25-17(29)10-27-8-7-16(26-27)28(31)32/h1-9H,10H2,(H,24,30)(H,25,29). The molecule has 0 saturated carbocycles. The van der Waals surface area contributed by atoms with Crippen LogP contribution in [-0.4, -0.2) is 26.5 Å². The van der Waals surface area contributed by atoms with Gasteiger partial charge in [0.25, 0.3) is 5.91 Å². The number of hydrogen-bond donors (Lipinski definition) is 2. The van der Waals surface area contributed by atoms with Crippen molar-refractivity contribution in [3.63, 3.8) is 0 Å². The molecule has 32 heavy (non-hydrogen) atoms. The van der Waals surface area contributed by atoms with Crippen molar-refractivity contribution in [1.82, 2.24) is 9.78 Å². The summed E-state index contributed by atoms with van der Waals surface area (Å²) in [6.45, 7) is -0.561. The van der Waals surface area contributed by atoms with Crippen LogP contribution in [0.5, 0.6) is 0 Å². The summed E-state index contributed by atoms with van der Waals surface area (Å²) in [4.78, 5) is 34.1. The minimum absolute atomic E-state index is 0.0330. The summed E-state index contributed by atoms with van der Waals surface area (Å²) in [6.07, 6.45) is -3.74. The molecule has 166 valence electrons. The Hall–Kier alpha value is -4.29. The van der Waals surface area contributed by atoms with E-state index in [-0.39, 0.29) is 11.3 Å². The normalized spacial score (nSPS) is 11.1. The average Bonchev–Trinajstić information content (AvgIpc) is 3.17. The molecule has 0 bridgehead atoms. The Bertz CT molecular complexity index is 1180. The summed E-state index contributed by atoms with van der Waals surface area (Å²) >= 11 is 0. The van der Waals surface area contributed by atoms with Crippen LogP contribution in [0.3, 0.4) is 0 Å². The second kappa shape index (κ2) is 8.83. The maximum absolute atomic E-state index is 13.5. The number of nitrogens with zero attached hydrogens (tertiary/aromatic N) is 3. The molecule has 1 heterocycles. The molecular formula is C19H13F4N5O4. The van der Waals surface area contributed by atoms with Gasteiger partial charge >= 0.3 is 12.0 Å². The van der Waals surface area contributed by atoms with Crippen molar-refractivity contribution >= 4 is 29.0 Å². The molecule has 1 aromatic heterocycles. The molecule has 2 N–H and O–H groups in total. The number of hydrogen-bond acceptors (Lipinski definition) is 5. The van der Waals surface area contributed by atoms with Gasteiger partial charge in [-0.3, -0.25) is 9.59 Å². The molecule has 9 nitrogen and oxygen atoms in total. The van der Waals surface area contributed by atoms with Crippen LogP contribution in [0.15, 0.2) is 54.7 Å². The highest BCUT2D eigenvalue weighted by atomic mass is 19.4. The van der Waals surface area contributed by atoms with Gasteiger partial charge in [-0.15, -0.1) is 0 Å². The third-order valence-corrected chi connectivity index (χ3v) is 4.08. The van der Waals surface area contributed by atoms with E-state index in [1.165, 1.54) is 12.1 Å². The molecule has 0 aliphatic rings. The van der Waals surface area contributed by atoms with Crippen LogP contribution < -0.4 is 10.6 Å². The zero-order valence-corrected chi connectivity index (χ0v) is 15.9. The molecule has 0 saturated heterocycles. The second-order valence-electron chi connectivity index (χ2n) is 6.40. The lowest BCUT2D eigenvalue weighted by Gasteiger charge is -2.15. The number of nitro groups is 1. The predicted octanol–water partition coefficient (Wildman–Crippen LogP) is 3.84. The molecule has 3 rings (SSSR count). The monoisotopic (exact) mass is 451 g/mol. The van der Waals surface area contributed by atoms with Crippen molar-refractivity contribution in [1.29, 1.82) is 0 Å². The smallest absolute Gasteiger partial charge is 0.358 e. The Morgan fingerprint density at radius 1 is 1.06 bits per heavy atom. The van der Waals surface area contributed by atoms with Crippen molar-refractivity contribution < 1.29 is 32.1 Å². The highest BCUT2D eigenvalue weighted by molar-refractivity contribution is 6.04. The quantitative estimate of drug-likeness (QED) is 0.335. The minimum Gasteiger partial charge on any atom is -0.358 e. The molecule has 2 aromatic carbocycles. The van der Waals surface area contributed by atoms with Crippen LogP contribution >= 0.6 is 0 Å². The van der Waals surface area contributed by atoms with E-state index in [2.05, 4.69) is 15.7 Å². The van der Waals surface area contributed by atoms with E-state index >= 15 is 0 Å². The van der Waals surface area contributed by atoms with E-state index in [0.717, 1.165) is 41.2 Å². The molecule has 0 spiro atoms. The zero-order valence-electron chi connectivity index (χ0n) is 15.9. The number of amides is 2. The lowest BCUT2D eigenvalue weighted by molar-refractivity contribution is -0.389. The fraction of sp³-hybridized carbons (Fsp3) is 0.105. The Balaban J connectivity index is 1.77. The number of halogens is 4. The molecule has 13 heteroatoms. The van der Waals surface area contributed by atoms with Crippen LogP contribution in [-0.2, 0) is 17.5 Å². The summed E-state index contributed by atoms with van der Waals surface area (Å²) in [5.41, 5.74) is -1.98. The summed E-state index contributed by atoms with van der Waals surface area (Å²) in [5, 5.41) is 18.5. The number of nitrogens with one attached hydrogen (secondary N) is 2. The Morgan fingerprint density at radius 3 is 2.34 bits per heavy atom. The van der Waals surface area contributed by atoms with E-state index in [4.69, 9.17) is 0 Å². The fourth-order valence-corrected chi connectivity index (χ4v) is 2.64. The van der Waals surface area contributed by atoms with Gasteiger partial charge in [0, 0.05) is 11.3 Å². The molecule has 2 amide bonds. The molecule has 0 aliphatic heterocycles. The van der Waals surface area contributed by atoms with E-state index in [1.54, 1.807) is 0 Å². The van der Waals surface area contributed by atoms with Crippen molar-refractivity contribution in [2.75, 3.05) is 10.6 Å². The van der Waals surface area contributed by atoms with Crippen LogP contribution in [0.4, 0.5) is 34.8 Å². The third kappa shape index (κ3) is 5.44. The first kappa shape index (κ1) is 22.4. The molecule has 0 atom stereocenters.